The van der Waals surface area contributed by atoms with Gasteiger partial charge in [-0.15, -0.1) is 0 Å². The minimum absolute atomic E-state index is 0.00527. The second-order valence-electron chi connectivity index (χ2n) is 9.36. The van der Waals surface area contributed by atoms with Crippen molar-refractivity contribution in [1.29, 1.82) is 0 Å². The SMILES string of the molecule is Cc1cc(/C=N\NC(=O)CCC(=O)N/N=C\c2cc(C)n(-c3ccc(Br)cc3)c2C)c(C)n1-c1ccc(Br)cc1. The molecule has 2 aromatic heterocycles. The van der Waals surface area contributed by atoms with Crippen LogP contribution in [0.1, 0.15) is 46.7 Å². The van der Waals surface area contributed by atoms with E-state index >= 15 is 0 Å². The van der Waals surface area contributed by atoms with E-state index < -0.39 is 0 Å². The predicted molar refractivity (Wildman–Crippen MR) is 167 cm³/mol. The Labute approximate surface area is 250 Å². The Morgan fingerprint density at radius 1 is 0.675 bits per heavy atom. The van der Waals surface area contributed by atoms with Gasteiger partial charge in [0.1, 0.15) is 0 Å². The fraction of sp³-hybridized carbons (Fsp3) is 0.200. The molecule has 0 saturated heterocycles. The smallest absolute Gasteiger partial charge is 0.240 e. The standard InChI is InChI=1S/C30H30Br2N6O2/c1-19-15-23(21(3)37(19)27-9-5-25(31)6-10-27)17-33-35-29(39)13-14-30(40)36-34-18-24-16-20(2)38(22(24)4)28-11-7-26(32)8-12-28/h5-12,15-18H,13-14H2,1-4H3,(H,35,39)(H,36,40)/b33-17-,34-18-. The summed E-state index contributed by atoms with van der Waals surface area (Å²) in [6, 6.07) is 20.1. The van der Waals surface area contributed by atoms with Crippen LogP contribution in [0.5, 0.6) is 0 Å². The summed E-state index contributed by atoms with van der Waals surface area (Å²) >= 11 is 6.92. The Kier molecular flexibility index (Phi) is 9.54. The summed E-state index contributed by atoms with van der Waals surface area (Å²) in [5.74, 6) is -0.703. The van der Waals surface area contributed by atoms with Crippen molar-refractivity contribution in [2.45, 2.75) is 40.5 Å². The zero-order valence-corrected chi connectivity index (χ0v) is 25.9. The van der Waals surface area contributed by atoms with Crippen molar-refractivity contribution >= 4 is 56.1 Å². The first-order valence-electron chi connectivity index (χ1n) is 12.7. The van der Waals surface area contributed by atoms with E-state index in [1.54, 1.807) is 12.4 Å². The van der Waals surface area contributed by atoms with Crippen molar-refractivity contribution in [1.82, 2.24) is 20.0 Å². The van der Waals surface area contributed by atoms with E-state index in [1.165, 1.54) is 0 Å². The zero-order chi connectivity index (χ0) is 28.8. The Morgan fingerprint density at radius 3 is 1.38 bits per heavy atom. The molecule has 4 aromatic rings. The highest BCUT2D eigenvalue weighted by atomic mass is 79.9. The summed E-state index contributed by atoms with van der Waals surface area (Å²) < 4.78 is 6.28. The number of hydrazone groups is 2. The van der Waals surface area contributed by atoms with Crippen LogP contribution >= 0.6 is 31.9 Å². The van der Waals surface area contributed by atoms with E-state index in [2.05, 4.69) is 62.0 Å². The minimum Gasteiger partial charge on any atom is -0.318 e. The summed E-state index contributed by atoms with van der Waals surface area (Å²) in [6.07, 6.45) is 3.22. The number of rotatable bonds is 9. The predicted octanol–water partition coefficient (Wildman–Crippen LogP) is 6.41. The van der Waals surface area contributed by atoms with Crippen molar-refractivity contribution in [2.75, 3.05) is 0 Å². The first kappa shape index (κ1) is 29.2. The molecular formula is C30H30Br2N6O2. The van der Waals surface area contributed by atoms with Gasteiger partial charge >= 0.3 is 0 Å². The topological polar surface area (TPSA) is 92.8 Å². The number of aromatic nitrogens is 2. The Morgan fingerprint density at radius 2 is 1.02 bits per heavy atom. The van der Waals surface area contributed by atoms with Gasteiger partial charge in [0, 0.05) is 67.1 Å². The molecule has 8 nitrogen and oxygen atoms in total. The van der Waals surface area contributed by atoms with E-state index in [1.807, 2.05) is 88.4 Å². The average molecular weight is 666 g/mol. The molecule has 0 fully saturated rings. The van der Waals surface area contributed by atoms with Crippen LogP contribution in [-0.2, 0) is 9.59 Å². The number of amides is 2. The highest BCUT2D eigenvalue weighted by molar-refractivity contribution is 9.10. The second kappa shape index (κ2) is 13.1. The summed E-state index contributed by atoms with van der Waals surface area (Å²) in [7, 11) is 0. The summed E-state index contributed by atoms with van der Waals surface area (Å²) in [5, 5.41) is 8.17. The lowest BCUT2D eigenvalue weighted by atomic mass is 10.2. The first-order chi connectivity index (χ1) is 19.1. The molecule has 2 amide bonds. The molecule has 0 aliphatic rings. The van der Waals surface area contributed by atoms with Crippen molar-refractivity contribution in [3.05, 3.63) is 104 Å². The van der Waals surface area contributed by atoms with Crippen LogP contribution in [0.3, 0.4) is 0 Å². The van der Waals surface area contributed by atoms with Gasteiger partial charge in [-0.25, -0.2) is 10.9 Å². The number of halogens is 2. The molecule has 2 heterocycles. The maximum Gasteiger partial charge on any atom is 0.240 e. The Hall–Kier alpha value is -3.76. The second-order valence-corrected chi connectivity index (χ2v) is 11.2. The van der Waals surface area contributed by atoms with E-state index in [0.717, 1.165) is 54.2 Å². The van der Waals surface area contributed by atoms with Gasteiger partial charge in [-0.05, 0) is 88.4 Å². The zero-order valence-electron chi connectivity index (χ0n) is 22.7. The fourth-order valence-corrected chi connectivity index (χ4v) is 5.03. The van der Waals surface area contributed by atoms with Gasteiger partial charge in [-0.1, -0.05) is 31.9 Å². The molecule has 0 spiro atoms. The third-order valence-corrected chi connectivity index (χ3v) is 7.53. The van der Waals surface area contributed by atoms with Crippen LogP contribution in [0, 0.1) is 27.7 Å². The molecule has 206 valence electrons. The van der Waals surface area contributed by atoms with Gasteiger partial charge < -0.3 is 9.13 Å². The largest absolute Gasteiger partial charge is 0.318 e. The van der Waals surface area contributed by atoms with Crippen LogP contribution in [0.15, 0.2) is 79.8 Å². The van der Waals surface area contributed by atoms with Gasteiger partial charge in [-0.3, -0.25) is 9.59 Å². The molecule has 0 saturated carbocycles. The van der Waals surface area contributed by atoms with Crippen molar-refractivity contribution in [3.8, 4) is 11.4 Å². The molecule has 0 unspecified atom stereocenters. The third-order valence-electron chi connectivity index (χ3n) is 6.48. The van der Waals surface area contributed by atoms with Crippen LogP contribution < -0.4 is 10.9 Å². The average Bonchev–Trinajstić information content (AvgIpc) is 3.37. The number of nitrogens with zero attached hydrogens (tertiary/aromatic N) is 4. The highest BCUT2D eigenvalue weighted by Gasteiger charge is 2.11. The van der Waals surface area contributed by atoms with Crippen molar-refractivity contribution in [2.24, 2.45) is 10.2 Å². The molecule has 0 aliphatic carbocycles. The van der Waals surface area contributed by atoms with E-state index in [9.17, 15) is 9.59 Å². The minimum atomic E-state index is -0.352. The van der Waals surface area contributed by atoms with Gasteiger partial charge in [-0.2, -0.15) is 10.2 Å². The molecule has 40 heavy (non-hydrogen) atoms. The lowest BCUT2D eigenvalue weighted by Gasteiger charge is -2.09. The molecule has 0 radical (unpaired) electrons. The number of carbonyl (C=O) groups excluding carboxylic acids is 2. The Balaban J connectivity index is 1.26. The van der Waals surface area contributed by atoms with Crippen molar-refractivity contribution in [3.63, 3.8) is 0 Å². The lowest BCUT2D eigenvalue weighted by Crippen LogP contribution is -2.22. The normalized spacial score (nSPS) is 11.4. The van der Waals surface area contributed by atoms with E-state index in [0.29, 0.717) is 0 Å². The number of hydrogen-bond donors (Lipinski definition) is 2. The van der Waals surface area contributed by atoms with Gasteiger partial charge in [0.2, 0.25) is 11.8 Å². The number of aryl methyl sites for hydroxylation is 2. The molecule has 0 atom stereocenters. The maximum atomic E-state index is 12.2. The first-order valence-corrected chi connectivity index (χ1v) is 14.3. The number of carbonyl (C=O) groups is 2. The van der Waals surface area contributed by atoms with Crippen LogP contribution in [-0.4, -0.2) is 33.4 Å². The molecule has 0 bridgehead atoms. The summed E-state index contributed by atoms with van der Waals surface area (Å²) in [6.45, 7) is 8.04. The molecule has 2 N–H and O–H groups in total. The van der Waals surface area contributed by atoms with Crippen LogP contribution in [0.2, 0.25) is 0 Å². The number of benzene rings is 2. The van der Waals surface area contributed by atoms with Gasteiger partial charge in [0.05, 0.1) is 12.4 Å². The molecule has 10 heteroatoms. The lowest BCUT2D eigenvalue weighted by molar-refractivity contribution is -0.126. The van der Waals surface area contributed by atoms with Gasteiger partial charge in [0.25, 0.3) is 0 Å². The number of hydrogen-bond acceptors (Lipinski definition) is 4. The fourth-order valence-electron chi connectivity index (χ4n) is 4.50. The third kappa shape index (κ3) is 7.05. The highest BCUT2D eigenvalue weighted by Crippen LogP contribution is 2.22. The van der Waals surface area contributed by atoms with Crippen LogP contribution in [0.25, 0.3) is 11.4 Å². The number of nitrogens with one attached hydrogen (secondary N) is 2. The van der Waals surface area contributed by atoms with E-state index in [-0.39, 0.29) is 24.7 Å². The molecule has 2 aromatic carbocycles. The van der Waals surface area contributed by atoms with E-state index in [4.69, 9.17) is 0 Å². The molecule has 4 rings (SSSR count). The Bertz CT molecular complexity index is 1460. The maximum absolute atomic E-state index is 12.2. The van der Waals surface area contributed by atoms with Crippen molar-refractivity contribution < 1.29 is 9.59 Å². The molecule has 0 aliphatic heterocycles. The summed E-state index contributed by atoms with van der Waals surface area (Å²) in [5.41, 5.74) is 13.0. The van der Waals surface area contributed by atoms with Crippen LogP contribution in [0.4, 0.5) is 0 Å². The monoisotopic (exact) mass is 664 g/mol. The van der Waals surface area contributed by atoms with Gasteiger partial charge in [0.15, 0.2) is 0 Å². The quantitative estimate of drug-likeness (QED) is 0.160. The summed E-state index contributed by atoms with van der Waals surface area (Å²) in [4.78, 5) is 24.5. The molecular weight excluding hydrogens is 636 g/mol.